The number of hydrogen-bond acceptors (Lipinski definition) is 2. The number of carbonyl (C=O) groups excluding carboxylic acids is 1. The molecule has 0 aliphatic heterocycles. The molecule has 0 spiro atoms. The van der Waals surface area contributed by atoms with Gasteiger partial charge in [0.2, 0.25) is 5.91 Å². The first-order chi connectivity index (χ1) is 13.8. The second-order valence-electron chi connectivity index (χ2n) is 6.12. The Hall–Kier alpha value is -2.14. The molecular weight excluding hydrogens is 394 g/mol. The second kappa shape index (κ2) is 13.9. The highest BCUT2D eigenvalue weighted by molar-refractivity contribution is 6.31. The van der Waals surface area contributed by atoms with Gasteiger partial charge in [0.05, 0.1) is 12.2 Å². The fourth-order valence-corrected chi connectivity index (χ4v) is 2.71. The van der Waals surface area contributed by atoms with Gasteiger partial charge in [-0.2, -0.15) is 0 Å². The van der Waals surface area contributed by atoms with E-state index in [-0.39, 0.29) is 35.1 Å². The fourth-order valence-electron chi connectivity index (χ4n) is 2.45. The minimum atomic E-state index is -1.04. The van der Waals surface area contributed by atoms with Crippen LogP contribution in [-0.2, 0) is 11.2 Å². The van der Waals surface area contributed by atoms with Crippen molar-refractivity contribution in [2.45, 2.75) is 53.9 Å². The standard InChI is InChI=1S/C19H21ClF2N2O.2C2H6/c1-11(2)13-6-4-5-12(7-13)8-14-15(20)9-16(19(22)18(14)21)24-10-17(25)23-3;2*1-2/h4-7,9,11,24H,8,10H2,1-3H3,(H,23,25);2*1-2H3. The largest absolute Gasteiger partial charge is 0.374 e. The molecule has 0 saturated heterocycles. The molecule has 162 valence electrons. The summed E-state index contributed by atoms with van der Waals surface area (Å²) >= 11 is 6.16. The lowest BCUT2D eigenvalue weighted by molar-refractivity contribution is -0.118. The smallest absolute Gasteiger partial charge is 0.239 e. The van der Waals surface area contributed by atoms with Crippen molar-refractivity contribution in [3.63, 3.8) is 0 Å². The molecule has 0 saturated carbocycles. The average Bonchev–Trinajstić information content (AvgIpc) is 2.75. The summed E-state index contributed by atoms with van der Waals surface area (Å²) in [5.74, 6) is -2.04. The van der Waals surface area contributed by atoms with Gasteiger partial charge in [0.1, 0.15) is 0 Å². The van der Waals surface area contributed by atoms with Crippen molar-refractivity contribution in [1.29, 1.82) is 0 Å². The number of likely N-dealkylation sites (N-methyl/N-ethyl adjacent to an activating group) is 1. The summed E-state index contributed by atoms with van der Waals surface area (Å²) in [6, 6.07) is 9.03. The summed E-state index contributed by atoms with van der Waals surface area (Å²) in [4.78, 5) is 11.2. The van der Waals surface area contributed by atoms with Crippen LogP contribution in [0.3, 0.4) is 0 Å². The molecule has 0 radical (unpaired) electrons. The van der Waals surface area contributed by atoms with E-state index in [2.05, 4.69) is 24.5 Å². The molecular formula is C23H33ClF2N2O. The Morgan fingerprint density at radius 1 is 1.07 bits per heavy atom. The molecule has 1 amide bonds. The topological polar surface area (TPSA) is 41.1 Å². The second-order valence-corrected chi connectivity index (χ2v) is 6.52. The van der Waals surface area contributed by atoms with Gasteiger partial charge in [-0.3, -0.25) is 4.79 Å². The van der Waals surface area contributed by atoms with E-state index in [9.17, 15) is 13.6 Å². The molecule has 0 bridgehead atoms. The van der Waals surface area contributed by atoms with Gasteiger partial charge in [-0.15, -0.1) is 0 Å². The molecule has 2 aromatic carbocycles. The number of anilines is 1. The number of amides is 1. The summed E-state index contributed by atoms with van der Waals surface area (Å²) < 4.78 is 28.8. The Bertz CT molecular complexity index is 780. The summed E-state index contributed by atoms with van der Waals surface area (Å²) in [6.45, 7) is 12.0. The number of hydrogen-bond donors (Lipinski definition) is 2. The molecule has 2 rings (SSSR count). The van der Waals surface area contributed by atoms with Gasteiger partial charge in [-0.25, -0.2) is 8.78 Å². The Morgan fingerprint density at radius 2 is 1.69 bits per heavy atom. The lowest BCUT2D eigenvalue weighted by Gasteiger charge is -2.13. The first-order valence-corrected chi connectivity index (χ1v) is 10.4. The van der Waals surface area contributed by atoms with E-state index in [0.29, 0.717) is 5.92 Å². The van der Waals surface area contributed by atoms with E-state index in [0.717, 1.165) is 11.1 Å². The first kappa shape index (κ1) is 26.9. The van der Waals surface area contributed by atoms with Crippen LogP contribution in [0, 0.1) is 11.6 Å². The minimum absolute atomic E-state index is 0.102. The van der Waals surface area contributed by atoms with Crippen molar-refractivity contribution in [2.24, 2.45) is 0 Å². The third kappa shape index (κ3) is 8.01. The average molecular weight is 427 g/mol. The molecule has 3 nitrogen and oxygen atoms in total. The molecule has 6 heteroatoms. The lowest BCUT2D eigenvalue weighted by atomic mass is 9.97. The van der Waals surface area contributed by atoms with Crippen LogP contribution >= 0.6 is 11.6 Å². The zero-order valence-corrected chi connectivity index (χ0v) is 19.2. The summed E-state index contributed by atoms with van der Waals surface area (Å²) in [6.07, 6.45) is 0.192. The van der Waals surface area contributed by atoms with Gasteiger partial charge >= 0.3 is 0 Å². The number of carbonyl (C=O) groups is 1. The zero-order valence-electron chi connectivity index (χ0n) is 18.4. The molecule has 0 aromatic heterocycles. The van der Waals surface area contributed by atoms with Gasteiger partial charge < -0.3 is 10.6 Å². The highest BCUT2D eigenvalue weighted by atomic mass is 35.5. The van der Waals surface area contributed by atoms with E-state index < -0.39 is 11.6 Å². The molecule has 0 atom stereocenters. The summed E-state index contributed by atoms with van der Waals surface area (Å²) in [7, 11) is 1.46. The molecule has 0 aliphatic rings. The predicted octanol–water partition coefficient (Wildman–Crippen LogP) is 6.54. The van der Waals surface area contributed by atoms with Crippen LogP contribution in [0.2, 0.25) is 5.02 Å². The van der Waals surface area contributed by atoms with Gasteiger partial charge in [0.25, 0.3) is 0 Å². The van der Waals surface area contributed by atoms with E-state index in [1.807, 2.05) is 52.0 Å². The molecule has 2 N–H and O–H groups in total. The molecule has 2 aromatic rings. The van der Waals surface area contributed by atoms with Crippen molar-refractivity contribution >= 4 is 23.2 Å². The Balaban J connectivity index is 0.00000184. The van der Waals surface area contributed by atoms with Crippen LogP contribution < -0.4 is 10.6 Å². The molecule has 0 aliphatic carbocycles. The lowest BCUT2D eigenvalue weighted by Crippen LogP contribution is -2.26. The Morgan fingerprint density at radius 3 is 2.24 bits per heavy atom. The van der Waals surface area contributed by atoms with Gasteiger partial charge in [0, 0.05) is 24.1 Å². The number of nitrogens with one attached hydrogen (secondary N) is 2. The van der Waals surface area contributed by atoms with Crippen LogP contribution in [-0.4, -0.2) is 19.5 Å². The number of halogens is 3. The highest BCUT2D eigenvalue weighted by Crippen LogP contribution is 2.30. The van der Waals surface area contributed by atoms with Crippen molar-refractivity contribution < 1.29 is 13.6 Å². The normalized spacial score (nSPS) is 9.76. The number of rotatable bonds is 6. The van der Waals surface area contributed by atoms with Crippen LogP contribution in [0.25, 0.3) is 0 Å². The zero-order chi connectivity index (χ0) is 22.6. The molecule has 0 fully saturated rings. The minimum Gasteiger partial charge on any atom is -0.374 e. The quantitative estimate of drug-likeness (QED) is 0.514. The first-order valence-electron chi connectivity index (χ1n) is 10.0. The fraction of sp³-hybridized carbons (Fsp3) is 0.435. The predicted molar refractivity (Wildman–Crippen MR) is 120 cm³/mol. The molecule has 0 heterocycles. The van der Waals surface area contributed by atoms with Gasteiger partial charge in [-0.05, 0) is 23.1 Å². The summed E-state index contributed by atoms with van der Waals surface area (Å²) in [5.41, 5.74) is 1.95. The van der Waals surface area contributed by atoms with Crippen molar-refractivity contribution in [2.75, 3.05) is 18.9 Å². The van der Waals surface area contributed by atoms with Crippen molar-refractivity contribution in [1.82, 2.24) is 5.32 Å². The van der Waals surface area contributed by atoms with Crippen molar-refractivity contribution in [3.8, 4) is 0 Å². The van der Waals surface area contributed by atoms with Gasteiger partial charge in [0.15, 0.2) is 11.6 Å². The van der Waals surface area contributed by atoms with Crippen LogP contribution in [0.15, 0.2) is 30.3 Å². The monoisotopic (exact) mass is 426 g/mol. The SMILES string of the molecule is CC.CC.CNC(=O)CNc1cc(Cl)c(Cc2cccc(C(C)C)c2)c(F)c1F. The van der Waals surface area contributed by atoms with Gasteiger partial charge in [-0.1, -0.05) is 77.4 Å². The third-order valence-corrected chi connectivity index (χ3v) is 4.31. The summed E-state index contributed by atoms with van der Waals surface area (Å²) in [5, 5.41) is 5.06. The Labute approximate surface area is 178 Å². The maximum Gasteiger partial charge on any atom is 0.239 e. The van der Waals surface area contributed by atoms with E-state index >= 15 is 0 Å². The van der Waals surface area contributed by atoms with E-state index in [4.69, 9.17) is 11.6 Å². The third-order valence-electron chi connectivity index (χ3n) is 3.97. The van der Waals surface area contributed by atoms with Crippen LogP contribution in [0.5, 0.6) is 0 Å². The molecule has 29 heavy (non-hydrogen) atoms. The van der Waals surface area contributed by atoms with E-state index in [1.165, 1.54) is 13.1 Å². The van der Waals surface area contributed by atoms with Crippen LogP contribution in [0.1, 0.15) is 64.2 Å². The molecule has 0 unspecified atom stereocenters. The maximum absolute atomic E-state index is 14.5. The maximum atomic E-state index is 14.5. The Kier molecular flexibility index (Phi) is 12.9. The van der Waals surface area contributed by atoms with Crippen LogP contribution in [0.4, 0.5) is 14.5 Å². The van der Waals surface area contributed by atoms with Crippen molar-refractivity contribution in [3.05, 3.63) is 63.7 Å². The van der Waals surface area contributed by atoms with E-state index in [1.54, 1.807) is 0 Å². The highest BCUT2D eigenvalue weighted by Gasteiger charge is 2.18. The number of benzene rings is 2.